The van der Waals surface area contributed by atoms with Gasteiger partial charge in [0.25, 0.3) is 0 Å². The standard InChI is InChI=1S/C20H22ClN5O2S/c1-4-26-18(11-28-16-7-5-13(2)14(3)9-16)24-25-20(26)29-12-19(27)23-17-8-6-15(21)10-22-17/h5-10H,4,11-12H2,1-3H3,(H,22,23,27). The molecule has 0 fully saturated rings. The molecule has 2 heterocycles. The molecule has 3 rings (SSSR count). The molecule has 3 aromatic rings. The van der Waals surface area contributed by atoms with Crippen molar-refractivity contribution in [3.8, 4) is 5.75 Å². The van der Waals surface area contributed by atoms with E-state index in [1.165, 1.54) is 29.1 Å². The largest absolute Gasteiger partial charge is 0.486 e. The van der Waals surface area contributed by atoms with Gasteiger partial charge in [-0.25, -0.2) is 4.98 Å². The number of benzene rings is 1. The molecule has 2 aromatic heterocycles. The minimum Gasteiger partial charge on any atom is -0.486 e. The van der Waals surface area contributed by atoms with E-state index >= 15 is 0 Å². The highest BCUT2D eigenvalue weighted by Gasteiger charge is 2.14. The van der Waals surface area contributed by atoms with E-state index in [-0.39, 0.29) is 11.7 Å². The van der Waals surface area contributed by atoms with Gasteiger partial charge in [-0.05, 0) is 56.2 Å². The maximum Gasteiger partial charge on any atom is 0.236 e. The van der Waals surface area contributed by atoms with Crippen LogP contribution in [0.3, 0.4) is 0 Å². The lowest BCUT2D eigenvalue weighted by atomic mass is 10.1. The maximum absolute atomic E-state index is 12.2. The summed E-state index contributed by atoms with van der Waals surface area (Å²) in [5, 5.41) is 12.3. The second-order valence-electron chi connectivity index (χ2n) is 6.38. The molecule has 29 heavy (non-hydrogen) atoms. The number of amides is 1. The van der Waals surface area contributed by atoms with E-state index in [9.17, 15) is 4.79 Å². The Morgan fingerprint density at radius 3 is 2.72 bits per heavy atom. The molecule has 9 heteroatoms. The van der Waals surface area contributed by atoms with Crippen LogP contribution in [0, 0.1) is 13.8 Å². The first-order chi connectivity index (χ1) is 14.0. The number of aromatic nitrogens is 4. The van der Waals surface area contributed by atoms with Crippen molar-refractivity contribution in [2.45, 2.75) is 39.1 Å². The summed E-state index contributed by atoms with van der Waals surface area (Å²) in [6.07, 6.45) is 1.49. The third kappa shape index (κ3) is 5.71. The highest BCUT2D eigenvalue weighted by atomic mass is 35.5. The van der Waals surface area contributed by atoms with Gasteiger partial charge in [-0.1, -0.05) is 29.4 Å². The van der Waals surface area contributed by atoms with Gasteiger partial charge in [0.05, 0.1) is 10.8 Å². The number of ether oxygens (including phenoxy) is 1. The van der Waals surface area contributed by atoms with Gasteiger partial charge in [-0.2, -0.15) is 0 Å². The number of anilines is 1. The zero-order chi connectivity index (χ0) is 20.8. The maximum atomic E-state index is 12.2. The van der Waals surface area contributed by atoms with Gasteiger partial charge in [0.15, 0.2) is 11.0 Å². The van der Waals surface area contributed by atoms with Crippen LogP contribution in [-0.2, 0) is 17.9 Å². The lowest BCUT2D eigenvalue weighted by molar-refractivity contribution is -0.113. The molecule has 7 nitrogen and oxygen atoms in total. The first-order valence-electron chi connectivity index (χ1n) is 9.12. The summed E-state index contributed by atoms with van der Waals surface area (Å²) >= 11 is 7.11. The Morgan fingerprint density at radius 2 is 2.03 bits per heavy atom. The van der Waals surface area contributed by atoms with Crippen LogP contribution in [0.15, 0.2) is 41.7 Å². The van der Waals surface area contributed by atoms with Crippen LogP contribution < -0.4 is 10.1 Å². The van der Waals surface area contributed by atoms with Crippen LogP contribution in [-0.4, -0.2) is 31.4 Å². The fourth-order valence-corrected chi connectivity index (χ4v) is 3.49. The Balaban J connectivity index is 1.57. The summed E-state index contributed by atoms with van der Waals surface area (Å²) in [6, 6.07) is 9.31. The molecule has 0 spiro atoms. The lowest BCUT2D eigenvalue weighted by Gasteiger charge is -2.10. The highest BCUT2D eigenvalue weighted by Crippen LogP contribution is 2.20. The average molecular weight is 432 g/mol. The normalized spacial score (nSPS) is 10.8. The van der Waals surface area contributed by atoms with Crippen LogP contribution in [0.2, 0.25) is 5.02 Å². The molecule has 0 aliphatic carbocycles. The Hall–Kier alpha value is -2.58. The molecule has 1 amide bonds. The topological polar surface area (TPSA) is 81.9 Å². The van der Waals surface area contributed by atoms with Crippen molar-refractivity contribution in [3.05, 3.63) is 58.5 Å². The van der Waals surface area contributed by atoms with Crippen molar-refractivity contribution in [1.29, 1.82) is 0 Å². The molecule has 152 valence electrons. The number of rotatable bonds is 8. The molecular weight excluding hydrogens is 410 g/mol. The fraction of sp³-hybridized carbons (Fsp3) is 0.300. The zero-order valence-corrected chi connectivity index (χ0v) is 18.0. The number of pyridine rings is 1. The first kappa shape index (κ1) is 21.1. The minimum absolute atomic E-state index is 0.177. The molecule has 0 aliphatic heterocycles. The van der Waals surface area contributed by atoms with Gasteiger partial charge in [0, 0.05) is 12.7 Å². The zero-order valence-electron chi connectivity index (χ0n) is 16.5. The van der Waals surface area contributed by atoms with Crippen LogP contribution >= 0.6 is 23.4 Å². The van der Waals surface area contributed by atoms with E-state index in [4.69, 9.17) is 16.3 Å². The molecule has 0 atom stereocenters. The number of carbonyl (C=O) groups excluding carboxylic acids is 1. The number of hydrogen-bond donors (Lipinski definition) is 1. The number of thioether (sulfide) groups is 1. The summed E-state index contributed by atoms with van der Waals surface area (Å²) in [5.74, 6) is 1.99. The number of aryl methyl sites for hydroxylation is 2. The van der Waals surface area contributed by atoms with Crippen LogP contribution in [0.4, 0.5) is 5.82 Å². The van der Waals surface area contributed by atoms with E-state index in [0.29, 0.717) is 35.0 Å². The van der Waals surface area contributed by atoms with E-state index < -0.39 is 0 Å². The predicted octanol–water partition coefficient (Wildman–Crippen LogP) is 4.27. The minimum atomic E-state index is -0.177. The average Bonchev–Trinajstić information content (AvgIpc) is 3.11. The predicted molar refractivity (Wildman–Crippen MR) is 115 cm³/mol. The monoisotopic (exact) mass is 431 g/mol. The van der Waals surface area contributed by atoms with Crippen molar-refractivity contribution in [1.82, 2.24) is 19.7 Å². The smallest absolute Gasteiger partial charge is 0.236 e. The van der Waals surface area contributed by atoms with E-state index in [1.807, 2.05) is 29.7 Å². The molecule has 0 saturated heterocycles. The van der Waals surface area contributed by atoms with Gasteiger partial charge in [-0.15, -0.1) is 10.2 Å². The number of nitrogens with one attached hydrogen (secondary N) is 1. The molecular formula is C20H22ClN5O2S. The quantitative estimate of drug-likeness (QED) is 0.536. The molecule has 0 bridgehead atoms. The van der Waals surface area contributed by atoms with Crippen molar-refractivity contribution < 1.29 is 9.53 Å². The Morgan fingerprint density at radius 1 is 1.21 bits per heavy atom. The summed E-state index contributed by atoms with van der Waals surface area (Å²) < 4.78 is 7.81. The number of hydrogen-bond acceptors (Lipinski definition) is 6. The van der Waals surface area contributed by atoms with Gasteiger partial charge >= 0.3 is 0 Å². The summed E-state index contributed by atoms with van der Waals surface area (Å²) in [6.45, 7) is 7.11. The Labute approximate surface area is 178 Å². The first-order valence-corrected chi connectivity index (χ1v) is 10.5. The molecule has 0 unspecified atom stereocenters. The number of halogens is 1. The second-order valence-corrected chi connectivity index (χ2v) is 7.76. The third-order valence-corrected chi connectivity index (χ3v) is 5.47. The van der Waals surface area contributed by atoms with Crippen molar-refractivity contribution >= 4 is 35.1 Å². The summed E-state index contributed by atoms with van der Waals surface area (Å²) in [7, 11) is 0. The Kier molecular flexibility index (Phi) is 7.11. The number of carbonyl (C=O) groups is 1. The van der Waals surface area contributed by atoms with Crippen LogP contribution in [0.5, 0.6) is 5.75 Å². The summed E-state index contributed by atoms with van der Waals surface area (Å²) in [4.78, 5) is 16.2. The highest BCUT2D eigenvalue weighted by molar-refractivity contribution is 7.99. The molecule has 0 aliphatic rings. The second kappa shape index (κ2) is 9.76. The Bertz CT molecular complexity index is 991. The fourth-order valence-electron chi connectivity index (χ4n) is 2.56. The number of nitrogens with zero attached hydrogens (tertiary/aromatic N) is 4. The van der Waals surface area contributed by atoms with Gasteiger partial charge < -0.3 is 14.6 Å². The summed E-state index contributed by atoms with van der Waals surface area (Å²) in [5.41, 5.74) is 2.40. The van der Waals surface area contributed by atoms with Gasteiger partial charge in [-0.3, -0.25) is 4.79 Å². The third-order valence-electron chi connectivity index (χ3n) is 4.28. The van der Waals surface area contributed by atoms with E-state index in [1.54, 1.807) is 12.1 Å². The van der Waals surface area contributed by atoms with Crippen molar-refractivity contribution in [2.24, 2.45) is 0 Å². The van der Waals surface area contributed by atoms with Crippen LogP contribution in [0.25, 0.3) is 0 Å². The van der Waals surface area contributed by atoms with Gasteiger partial charge in [0.2, 0.25) is 5.91 Å². The van der Waals surface area contributed by atoms with E-state index in [2.05, 4.69) is 34.3 Å². The molecule has 1 N–H and O–H groups in total. The van der Waals surface area contributed by atoms with Crippen molar-refractivity contribution in [3.63, 3.8) is 0 Å². The van der Waals surface area contributed by atoms with E-state index in [0.717, 1.165) is 5.75 Å². The molecule has 0 saturated carbocycles. The van der Waals surface area contributed by atoms with Gasteiger partial charge in [0.1, 0.15) is 18.2 Å². The van der Waals surface area contributed by atoms with Crippen molar-refractivity contribution in [2.75, 3.05) is 11.1 Å². The SMILES string of the molecule is CCn1c(COc2ccc(C)c(C)c2)nnc1SCC(=O)Nc1ccc(Cl)cn1. The van der Waals surface area contributed by atoms with Crippen LogP contribution in [0.1, 0.15) is 23.9 Å². The lowest BCUT2D eigenvalue weighted by Crippen LogP contribution is -2.15. The molecule has 1 aromatic carbocycles. The molecule has 0 radical (unpaired) electrons.